The molecular weight excluding hydrogens is 378 g/mol. The number of hydrogen-bond donors (Lipinski definition) is 1. The molecule has 0 fully saturated rings. The van der Waals surface area contributed by atoms with Gasteiger partial charge in [-0.25, -0.2) is 9.38 Å². The Morgan fingerprint density at radius 3 is 2.82 bits per heavy atom. The normalized spacial score (nSPS) is 12.0. The number of ether oxygens (including phenoxy) is 2. The first kappa shape index (κ1) is 18.0. The van der Waals surface area contributed by atoms with Crippen LogP contribution >= 0.6 is 11.3 Å². The topological polar surface area (TPSA) is 95.9 Å². The maximum absolute atomic E-state index is 12.9. The third-order valence-electron chi connectivity index (χ3n) is 4.08. The third kappa shape index (κ3) is 3.29. The number of amides is 1. The van der Waals surface area contributed by atoms with Gasteiger partial charge in [0.15, 0.2) is 23.1 Å². The molecule has 8 heteroatoms. The zero-order chi connectivity index (χ0) is 19.7. The molecule has 0 aliphatic carbocycles. The SMILES string of the molecule is CCOc1cc(/C=c2\sc3nc4ccccc4n3c2=O)ccc1OCC(N)=O. The zero-order valence-corrected chi connectivity index (χ0v) is 15.9. The van der Waals surface area contributed by atoms with Crippen LogP contribution < -0.4 is 25.3 Å². The van der Waals surface area contributed by atoms with Gasteiger partial charge in [0.2, 0.25) is 0 Å². The third-order valence-corrected chi connectivity index (χ3v) is 5.05. The van der Waals surface area contributed by atoms with E-state index in [0.29, 0.717) is 27.6 Å². The predicted octanol–water partition coefficient (Wildman–Crippen LogP) is 1.72. The van der Waals surface area contributed by atoms with Crippen LogP contribution in [0, 0.1) is 0 Å². The summed E-state index contributed by atoms with van der Waals surface area (Å²) in [6.07, 6.45) is 1.79. The van der Waals surface area contributed by atoms with Crippen LogP contribution in [0.15, 0.2) is 47.3 Å². The lowest BCUT2D eigenvalue weighted by Gasteiger charge is -2.11. The average molecular weight is 395 g/mol. The fourth-order valence-electron chi connectivity index (χ4n) is 2.91. The lowest BCUT2D eigenvalue weighted by molar-refractivity contribution is -0.119. The molecule has 0 spiro atoms. The molecular formula is C20H17N3O4S. The van der Waals surface area contributed by atoms with Crippen LogP contribution in [0.1, 0.15) is 12.5 Å². The minimum absolute atomic E-state index is 0.110. The number of hydrogen-bond acceptors (Lipinski definition) is 6. The van der Waals surface area contributed by atoms with Gasteiger partial charge >= 0.3 is 0 Å². The van der Waals surface area contributed by atoms with Crippen LogP contribution in [0.4, 0.5) is 0 Å². The zero-order valence-electron chi connectivity index (χ0n) is 15.0. The number of carbonyl (C=O) groups excluding carboxylic acids is 1. The minimum Gasteiger partial charge on any atom is -0.490 e. The molecule has 2 N–H and O–H groups in total. The van der Waals surface area contributed by atoms with Gasteiger partial charge in [-0.05, 0) is 42.8 Å². The molecule has 2 aromatic carbocycles. The fourth-order valence-corrected chi connectivity index (χ4v) is 3.90. The van der Waals surface area contributed by atoms with E-state index in [0.717, 1.165) is 16.6 Å². The summed E-state index contributed by atoms with van der Waals surface area (Å²) in [5.74, 6) is 0.340. The van der Waals surface area contributed by atoms with Crippen LogP contribution in [0.3, 0.4) is 0 Å². The molecule has 4 aromatic rings. The standard InChI is InChI=1S/C20H17N3O4S/c1-2-26-16-9-12(7-8-15(16)27-11-18(21)24)10-17-19(25)23-14-6-4-3-5-13(14)22-20(23)28-17/h3-10H,2,11H2,1H3,(H2,21,24)/b17-10-. The van der Waals surface area contributed by atoms with Crippen molar-refractivity contribution in [2.45, 2.75) is 6.92 Å². The van der Waals surface area contributed by atoms with Crippen LogP contribution in [0.2, 0.25) is 0 Å². The first-order valence-corrected chi connectivity index (χ1v) is 9.48. The van der Waals surface area contributed by atoms with E-state index in [9.17, 15) is 9.59 Å². The van der Waals surface area contributed by atoms with Crippen molar-refractivity contribution in [3.8, 4) is 11.5 Å². The number of imidazole rings is 1. The second-order valence-corrected chi connectivity index (χ2v) is 7.04. The molecule has 142 valence electrons. The van der Waals surface area contributed by atoms with E-state index < -0.39 is 5.91 Å². The first-order chi connectivity index (χ1) is 13.6. The van der Waals surface area contributed by atoms with Crippen LogP contribution in [0.5, 0.6) is 11.5 Å². The molecule has 0 bridgehead atoms. The number of fused-ring (bicyclic) bond motifs is 3. The van der Waals surface area contributed by atoms with Crippen molar-refractivity contribution in [3.05, 3.63) is 62.9 Å². The van der Waals surface area contributed by atoms with E-state index >= 15 is 0 Å². The largest absolute Gasteiger partial charge is 0.490 e. The Morgan fingerprint density at radius 1 is 1.21 bits per heavy atom. The van der Waals surface area contributed by atoms with Gasteiger partial charge in [0, 0.05) is 0 Å². The molecule has 0 saturated carbocycles. The summed E-state index contributed by atoms with van der Waals surface area (Å²) >= 11 is 1.33. The van der Waals surface area contributed by atoms with Crippen molar-refractivity contribution in [2.24, 2.45) is 5.73 Å². The van der Waals surface area contributed by atoms with Crippen LogP contribution in [-0.4, -0.2) is 28.5 Å². The van der Waals surface area contributed by atoms with E-state index in [1.165, 1.54) is 11.3 Å². The number of benzene rings is 2. The van der Waals surface area contributed by atoms with Gasteiger partial charge in [0.25, 0.3) is 11.5 Å². The molecule has 0 aliphatic rings. The van der Waals surface area contributed by atoms with Gasteiger partial charge in [-0.2, -0.15) is 0 Å². The van der Waals surface area contributed by atoms with Crippen molar-refractivity contribution < 1.29 is 14.3 Å². The van der Waals surface area contributed by atoms with E-state index in [-0.39, 0.29) is 12.2 Å². The summed E-state index contributed by atoms with van der Waals surface area (Å²) in [5.41, 5.74) is 7.39. The highest BCUT2D eigenvalue weighted by atomic mass is 32.1. The Morgan fingerprint density at radius 2 is 2.04 bits per heavy atom. The molecule has 0 unspecified atom stereocenters. The number of nitrogens with two attached hydrogens (primary N) is 1. The quantitative estimate of drug-likeness (QED) is 0.536. The second-order valence-electron chi connectivity index (χ2n) is 6.03. The summed E-state index contributed by atoms with van der Waals surface area (Å²) in [5, 5.41) is 0. The van der Waals surface area contributed by atoms with E-state index in [1.54, 1.807) is 28.7 Å². The van der Waals surface area contributed by atoms with Crippen molar-refractivity contribution in [1.29, 1.82) is 0 Å². The van der Waals surface area contributed by atoms with Crippen molar-refractivity contribution >= 4 is 39.3 Å². The van der Waals surface area contributed by atoms with Gasteiger partial charge in [0.05, 0.1) is 22.2 Å². The van der Waals surface area contributed by atoms with Crippen molar-refractivity contribution in [2.75, 3.05) is 13.2 Å². The molecule has 0 aliphatic heterocycles. The highest BCUT2D eigenvalue weighted by molar-refractivity contribution is 7.15. The minimum atomic E-state index is -0.566. The van der Waals surface area contributed by atoms with Gasteiger partial charge in [0.1, 0.15) is 0 Å². The van der Waals surface area contributed by atoms with Gasteiger partial charge in [-0.3, -0.25) is 9.59 Å². The summed E-state index contributed by atoms with van der Waals surface area (Å²) in [6, 6.07) is 12.8. The summed E-state index contributed by atoms with van der Waals surface area (Å²) in [6.45, 7) is 2.05. The lowest BCUT2D eigenvalue weighted by Crippen LogP contribution is -2.22. The summed E-state index contributed by atoms with van der Waals surface area (Å²) < 4.78 is 13.2. The number of aromatic nitrogens is 2. The number of rotatable bonds is 6. The monoisotopic (exact) mass is 395 g/mol. The molecule has 28 heavy (non-hydrogen) atoms. The molecule has 7 nitrogen and oxygen atoms in total. The lowest BCUT2D eigenvalue weighted by atomic mass is 10.2. The number of para-hydroxylation sites is 2. The number of primary amides is 1. The smallest absolute Gasteiger partial charge is 0.274 e. The fraction of sp³-hybridized carbons (Fsp3) is 0.150. The number of nitrogens with zero attached hydrogens (tertiary/aromatic N) is 2. The molecule has 0 saturated heterocycles. The highest BCUT2D eigenvalue weighted by Gasteiger charge is 2.11. The number of carbonyl (C=O) groups is 1. The van der Waals surface area contributed by atoms with Crippen molar-refractivity contribution in [3.63, 3.8) is 0 Å². The number of thiazole rings is 1. The first-order valence-electron chi connectivity index (χ1n) is 8.66. The van der Waals surface area contributed by atoms with Crippen LogP contribution in [-0.2, 0) is 4.79 Å². The Bertz CT molecular complexity index is 1290. The maximum Gasteiger partial charge on any atom is 0.274 e. The Hall–Kier alpha value is -3.39. The Labute approximate surface area is 163 Å². The summed E-state index contributed by atoms with van der Waals surface area (Å²) in [4.78, 5) is 29.0. The van der Waals surface area contributed by atoms with Gasteiger partial charge in [-0.15, -0.1) is 0 Å². The van der Waals surface area contributed by atoms with Gasteiger partial charge < -0.3 is 15.2 Å². The average Bonchev–Trinajstić information content (AvgIpc) is 3.18. The van der Waals surface area contributed by atoms with Gasteiger partial charge in [-0.1, -0.05) is 29.5 Å². The molecule has 1 amide bonds. The van der Waals surface area contributed by atoms with Crippen molar-refractivity contribution in [1.82, 2.24) is 9.38 Å². The Kier molecular flexibility index (Phi) is 4.70. The molecule has 0 atom stereocenters. The van der Waals surface area contributed by atoms with Crippen LogP contribution in [0.25, 0.3) is 22.1 Å². The second kappa shape index (κ2) is 7.32. The highest BCUT2D eigenvalue weighted by Crippen LogP contribution is 2.28. The Balaban J connectivity index is 1.78. The van der Waals surface area contributed by atoms with E-state index in [1.807, 2.05) is 31.2 Å². The summed E-state index contributed by atoms with van der Waals surface area (Å²) in [7, 11) is 0. The van der Waals surface area contributed by atoms with E-state index in [4.69, 9.17) is 15.2 Å². The predicted molar refractivity (Wildman–Crippen MR) is 108 cm³/mol. The molecule has 2 aromatic heterocycles. The molecule has 2 heterocycles. The molecule has 4 rings (SSSR count). The maximum atomic E-state index is 12.9. The molecule has 0 radical (unpaired) electrons. The van der Waals surface area contributed by atoms with E-state index in [2.05, 4.69) is 4.98 Å².